The first-order valence-electron chi connectivity index (χ1n) is 6.99. The number of benzene rings is 1. The van der Waals surface area contributed by atoms with Crippen molar-refractivity contribution in [3.63, 3.8) is 0 Å². The molecular weight excluding hydrogens is 332 g/mol. The van der Waals surface area contributed by atoms with E-state index in [0.29, 0.717) is 27.7 Å². The average Bonchev–Trinajstić information content (AvgIpc) is 2.53. The van der Waals surface area contributed by atoms with E-state index >= 15 is 0 Å². The van der Waals surface area contributed by atoms with Gasteiger partial charge in [-0.25, -0.2) is 4.68 Å². The standard InChI is InChI=1S/C16H15ClN4O3/c1-9-10(2)20-21(16(23)12(9)7-18)8-15(22)19-11-4-5-14(24-3)13(17)6-11/h4-6H,8H2,1-3H3,(H,19,22). The summed E-state index contributed by atoms with van der Waals surface area (Å²) in [5.41, 5.74) is 0.891. The van der Waals surface area contributed by atoms with Crippen molar-refractivity contribution in [2.75, 3.05) is 12.4 Å². The van der Waals surface area contributed by atoms with Crippen LogP contribution in [0, 0.1) is 25.2 Å². The normalized spacial score (nSPS) is 10.1. The number of hydrogen-bond acceptors (Lipinski definition) is 5. The Kier molecular flexibility index (Phi) is 5.21. The minimum absolute atomic E-state index is 0.0113. The Morgan fingerprint density at radius 2 is 2.17 bits per heavy atom. The topological polar surface area (TPSA) is 97.0 Å². The number of nitriles is 1. The molecule has 0 fully saturated rings. The van der Waals surface area contributed by atoms with Crippen LogP contribution in [-0.2, 0) is 11.3 Å². The highest BCUT2D eigenvalue weighted by Crippen LogP contribution is 2.27. The third-order valence-electron chi connectivity index (χ3n) is 3.48. The Morgan fingerprint density at radius 1 is 1.46 bits per heavy atom. The second kappa shape index (κ2) is 7.15. The van der Waals surface area contributed by atoms with Gasteiger partial charge < -0.3 is 10.1 Å². The number of amides is 1. The summed E-state index contributed by atoms with van der Waals surface area (Å²) >= 11 is 6.00. The highest BCUT2D eigenvalue weighted by Gasteiger charge is 2.14. The van der Waals surface area contributed by atoms with Gasteiger partial charge in [-0.3, -0.25) is 9.59 Å². The van der Waals surface area contributed by atoms with E-state index in [1.807, 2.05) is 6.07 Å². The molecule has 0 atom stereocenters. The monoisotopic (exact) mass is 346 g/mol. The number of carbonyl (C=O) groups excluding carboxylic acids is 1. The summed E-state index contributed by atoms with van der Waals surface area (Å²) in [5.74, 6) is 0.0262. The molecule has 0 aliphatic carbocycles. The first kappa shape index (κ1) is 17.5. The molecule has 124 valence electrons. The van der Waals surface area contributed by atoms with Gasteiger partial charge in [-0.1, -0.05) is 11.6 Å². The molecule has 0 saturated carbocycles. The van der Waals surface area contributed by atoms with Crippen molar-refractivity contribution in [1.82, 2.24) is 9.78 Å². The van der Waals surface area contributed by atoms with Crippen molar-refractivity contribution in [3.05, 3.63) is 50.4 Å². The number of rotatable bonds is 4. The number of aryl methyl sites for hydroxylation is 1. The lowest BCUT2D eigenvalue weighted by Gasteiger charge is -2.10. The first-order valence-corrected chi connectivity index (χ1v) is 7.37. The Hall–Kier alpha value is -2.85. The van der Waals surface area contributed by atoms with Gasteiger partial charge in [0, 0.05) is 5.69 Å². The van der Waals surface area contributed by atoms with Crippen LogP contribution >= 0.6 is 11.6 Å². The second-order valence-electron chi connectivity index (χ2n) is 5.06. The van der Waals surface area contributed by atoms with Gasteiger partial charge in [-0.2, -0.15) is 10.4 Å². The van der Waals surface area contributed by atoms with Crippen LogP contribution in [0.3, 0.4) is 0 Å². The molecule has 0 saturated heterocycles. The van der Waals surface area contributed by atoms with Gasteiger partial charge in [-0.15, -0.1) is 0 Å². The zero-order valence-electron chi connectivity index (χ0n) is 13.4. The molecular formula is C16H15ClN4O3. The van der Waals surface area contributed by atoms with Crippen LogP contribution < -0.4 is 15.6 Å². The Balaban J connectivity index is 2.22. The summed E-state index contributed by atoms with van der Waals surface area (Å²) in [6, 6.07) is 6.63. The fraction of sp³-hybridized carbons (Fsp3) is 0.250. The van der Waals surface area contributed by atoms with Crippen LogP contribution in [0.2, 0.25) is 5.02 Å². The van der Waals surface area contributed by atoms with E-state index in [4.69, 9.17) is 21.6 Å². The predicted octanol–water partition coefficient (Wildman–Crippen LogP) is 2.03. The molecule has 1 aromatic carbocycles. The zero-order valence-corrected chi connectivity index (χ0v) is 14.1. The number of methoxy groups -OCH3 is 1. The number of anilines is 1. The maximum atomic E-state index is 12.2. The molecule has 8 heteroatoms. The minimum atomic E-state index is -0.594. The lowest BCUT2D eigenvalue weighted by molar-refractivity contribution is -0.117. The van der Waals surface area contributed by atoms with Gasteiger partial charge in [-0.05, 0) is 37.6 Å². The van der Waals surface area contributed by atoms with Crippen molar-refractivity contribution < 1.29 is 9.53 Å². The number of carbonyl (C=O) groups is 1. The van der Waals surface area contributed by atoms with Crippen LogP contribution in [0.1, 0.15) is 16.8 Å². The van der Waals surface area contributed by atoms with Crippen LogP contribution in [0.5, 0.6) is 5.75 Å². The SMILES string of the molecule is COc1ccc(NC(=O)Cn2nc(C)c(C)c(C#N)c2=O)cc1Cl. The third-order valence-corrected chi connectivity index (χ3v) is 3.77. The van der Waals surface area contributed by atoms with E-state index in [9.17, 15) is 9.59 Å². The van der Waals surface area contributed by atoms with Gasteiger partial charge in [0.1, 0.15) is 23.9 Å². The molecule has 0 aliphatic heterocycles. The van der Waals surface area contributed by atoms with E-state index in [1.165, 1.54) is 13.2 Å². The van der Waals surface area contributed by atoms with Crippen molar-refractivity contribution in [2.45, 2.75) is 20.4 Å². The average molecular weight is 347 g/mol. The van der Waals surface area contributed by atoms with Crippen molar-refractivity contribution in [1.29, 1.82) is 5.26 Å². The summed E-state index contributed by atoms with van der Waals surface area (Å²) in [4.78, 5) is 24.3. The van der Waals surface area contributed by atoms with E-state index in [2.05, 4.69) is 10.4 Å². The molecule has 0 spiro atoms. The predicted molar refractivity (Wildman–Crippen MR) is 89.3 cm³/mol. The van der Waals surface area contributed by atoms with E-state index in [1.54, 1.807) is 26.0 Å². The Morgan fingerprint density at radius 3 is 2.75 bits per heavy atom. The highest BCUT2D eigenvalue weighted by molar-refractivity contribution is 6.32. The zero-order chi connectivity index (χ0) is 17.9. The number of aromatic nitrogens is 2. The Bertz CT molecular complexity index is 899. The maximum absolute atomic E-state index is 12.2. The summed E-state index contributed by atoms with van der Waals surface area (Å²) in [6.45, 7) is 3.01. The Labute approximate surface area is 143 Å². The first-order chi connectivity index (χ1) is 11.4. The molecule has 1 amide bonds. The van der Waals surface area contributed by atoms with E-state index < -0.39 is 11.5 Å². The molecule has 1 N–H and O–H groups in total. The van der Waals surface area contributed by atoms with Gasteiger partial charge >= 0.3 is 0 Å². The number of nitrogens with one attached hydrogen (secondary N) is 1. The number of halogens is 1. The summed E-state index contributed by atoms with van der Waals surface area (Å²) in [7, 11) is 1.49. The number of hydrogen-bond donors (Lipinski definition) is 1. The maximum Gasteiger partial charge on any atom is 0.285 e. The summed E-state index contributed by atoms with van der Waals surface area (Å²) in [6.07, 6.45) is 0. The van der Waals surface area contributed by atoms with Crippen molar-refractivity contribution >= 4 is 23.2 Å². The molecule has 0 unspecified atom stereocenters. The summed E-state index contributed by atoms with van der Waals surface area (Å²) in [5, 5.41) is 16.1. The van der Waals surface area contributed by atoms with Crippen LogP contribution in [0.25, 0.3) is 0 Å². The summed E-state index contributed by atoms with van der Waals surface area (Å²) < 4.78 is 6.01. The molecule has 0 radical (unpaired) electrons. The lowest BCUT2D eigenvalue weighted by Crippen LogP contribution is -2.32. The fourth-order valence-corrected chi connectivity index (χ4v) is 2.35. The molecule has 1 heterocycles. The molecule has 1 aromatic heterocycles. The van der Waals surface area contributed by atoms with Gasteiger partial charge in [0.25, 0.3) is 5.56 Å². The van der Waals surface area contributed by atoms with Crippen LogP contribution in [-0.4, -0.2) is 22.8 Å². The van der Waals surface area contributed by atoms with Crippen LogP contribution in [0.4, 0.5) is 5.69 Å². The van der Waals surface area contributed by atoms with Crippen molar-refractivity contribution in [2.24, 2.45) is 0 Å². The van der Waals surface area contributed by atoms with E-state index in [0.717, 1.165) is 4.68 Å². The molecule has 24 heavy (non-hydrogen) atoms. The highest BCUT2D eigenvalue weighted by atomic mass is 35.5. The number of nitrogens with zero attached hydrogens (tertiary/aromatic N) is 3. The van der Waals surface area contributed by atoms with E-state index in [-0.39, 0.29) is 12.1 Å². The molecule has 0 aliphatic rings. The number of ether oxygens (including phenoxy) is 1. The molecule has 7 nitrogen and oxygen atoms in total. The van der Waals surface area contributed by atoms with Gasteiger partial charge in [0.05, 0.1) is 17.8 Å². The molecule has 2 aromatic rings. The fourth-order valence-electron chi connectivity index (χ4n) is 2.09. The largest absolute Gasteiger partial charge is 0.495 e. The van der Waals surface area contributed by atoms with Crippen LogP contribution in [0.15, 0.2) is 23.0 Å². The smallest absolute Gasteiger partial charge is 0.285 e. The minimum Gasteiger partial charge on any atom is -0.495 e. The van der Waals surface area contributed by atoms with Gasteiger partial charge in [0.15, 0.2) is 0 Å². The van der Waals surface area contributed by atoms with Gasteiger partial charge in [0.2, 0.25) is 5.91 Å². The third kappa shape index (κ3) is 3.55. The molecule has 2 rings (SSSR count). The molecule has 0 bridgehead atoms. The quantitative estimate of drug-likeness (QED) is 0.913. The second-order valence-corrected chi connectivity index (χ2v) is 5.46. The van der Waals surface area contributed by atoms with Crippen molar-refractivity contribution in [3.8, 4) is 11.8 Å². The lowest BCUT2D eigenvalue weighted by atomic mass is 10.1.